The molecule has 1 saturated carbocycles. The lowest BCUT2D eigenvalue weighted by atomic mass is 9.93. The molecule has 1 heterocycles. The Kier molecular flexibility index (Phi) is 2.33. The Labute approximate surface area is 94.6 Å². The SMILES string of the molecule is Nc1ccc2occ(CNC3CCC3)c2c1. The molecule has 0 unspecified atom stereocenters. The van der Waals surface area contributed by atoms with Crippen LogP contribution in [0.2, 0.25) is 0 Å². The van der Waals surface area contributed by atoms with Gasteiger partial charge in [0.05, 0.1) is 6.26 Å². The van der Waals surface area contributed by atoms with E-state index < -0.39 is 0 Å². The Morgan fingerprint density at radius 3 is 3.00 bits per heavy atom. The highest BCUT2D eigenvalue weighted by atomic mass is 16.3. The highest BCUT2D eigenvalue weighted by molar-refractivity contribution is 5.84. The third kappa shape index (κ3) is 1.67. The van der Waals surface area contributed by atoms with Crippen LogP contribution in [-0.2, 0) is 6.54 Å². The van der Waals surface area contributed by atoms with Crippen molar-refractivity contribution in [3.05, 3.63) is 30.0 Å². The molecule has 0 spiro atoms. The highest BCUT2D eigenvalue weighted by Crippen LogP contribution is 2.24. The number of nitrogens with two attached hydrogens (primary N) is 1. The standard InChI is InChI=1S/C13H16N2O/c14-10-4-5-13-12(6-10)9(8-16-13)7-15-11-2-1-3-11/h4-6,8,11,15H,1-3,7,14H2. The van der Waals surface area contributed by atoms with Crippen molar-refractivity contribution < 1.29 is 4.42 Å². The molecule has 3 N–H and O–H groups in total. The molecule has 0 atom stereocenters. The fraction of sp³-hybridized carbons (Fsp3) is 0.385. The van der Waals surface area contributed by atoms with Gasteiger partial charge in [-0.3, -0.25) is 0 Å². The van der Waals surface area contributed by atoms with Gasteiger partial charge >= 0.3 is 0 Å². The predicted octanol–water partition coefficient (Wildman–Crippen LogP) is 2.66. The largest absolute Gasteiger partial charge is 0.464 e. The molecule has 84 valence electrons. The second-order valence-electron chi connectivity index (χ2n) is 4.53. The molecular weight excluding hydrogens is 200 g/mol. The molecule has 1 aromatic heterocycles. The van der Waals surface area contributed by atoms with Crippen molar-refractivity contribution in [2.75, 3.05) is 5.73 Å². The van der Waals surface area contributed by atoms with E-state index in [1.54, 1.807) is 0 Å². The first kappa shape index (κ1) is 9.73. The van der Waals surface area contributed by atoms with Gasteiger partial charge in [-0.05, 0) is 31.0 Å². The summed E-state index contributed by atoms with van der Waals surface area (Å²) in [6.45, 7) is 0.876. The fourth-order valence-corrected chi connectivity index (χ4v) is 2.10. The molecule has 1 aliphatic carbocycles. The number of hydrogen-bond donors (Lipinski definition) is 2. The van der Waals surface area contributed by atoms with Gasteiger partial charge < -0.3 is 15.5 Å². The van der Waals surface area contributed by atoms with Gasteiger partial charge in [0.2, 0.25) is 0 Å². The molecule has 0 radical (unpaired) electrons. The number of benzene rings is 1. The molecule has 3 heteroatoms. The van der Waals surface area contributed by atoms with Crippen molar-refractivity contribution >= 4 is 16.7 Å². The Hall–Kier alpha value is -1.48. The zero-order chi connectivity index (χ0) is 11.0. The minimum absolute atomic E-state index is 0.700. The number of rotatable bonds is 3. The molecule has 0 saturated heterocycles. The van der Waals surface area contributed by atoms with E-state index in [4.69, 9.17) is 10.2 Å². The van der Waals surface area contributed by atoms with Crippen molar-refractivity contribution in [2.24, 2.45) is 0 Å². The molecule has 3 rings (SSSR count). The van der Waals surface area contributed by atoms with E-state index in [-0.39, 0.29) is 0 Å². The van der Waals surface area contributed by atoms with Gasteiger partial charge in [-0.2, -0.15) is 0 Å². The topological polar surface area (TPSA) is 51.2 Å². The van der Waals surface area contributed by atoms with E-state index in [0.717, 1.165) is 23.2 Å². The molecule has 1 fully saturated rings. The van der Waals surface area contributed by atoms with Crippen LogP contribution in [0.4, 0.5) is 5.69 Å². The quantitative estimate of drug-likeness (QED) is 0.775. The van der Waals surface area contributed by atoms with Crippen LogP contribution in [0, 0.1) is 0 Å². The molecule has 1 aromatic carbocycles. The number of hydrogen-bond acceptors (Lipinski definition) is 3. The minimum atomic E-state index is 0.700. The van der Waals surface area contributed by atoms with Gasteiger partial charge in [-0.15, -0.1) is 0 Å². The van der Waals surface area contributed by atoms with Crippen LogP contribution in [0.25, 0.3) is 11.0 Å². The summed E-state index contributed by atoms with van der Waals surface area (Å²) in [4.78, 5) is 0. The van der Waals surface area contributed by atoms with E-state index in [0.29, 0.717) is 6.04 Å². The summed E-state index contributed by atoms with van der Waals surface area (Å²) in [6.07, 6.45) is 5.79. The molecule has 2 aromatic rings. The van der Waals surface area contributed by atoms with Crippen LogP contribution in [-0.4, -0.2) is 6.04 Å². The molecule has 0 amide bonds. The van der Waals surface area contributed by atoms with Crippen LogP contribution in [0.15, 0.2) is 28.9 Å². The summed E-state index contributed by atoms with van der Waals surface area (Å²) < 4.78 is 5.49. The van der Waals surface area contributed by atoms with Crippen LogP contribution in [0.5, 0.6) is 0 Å². The summed E-state index contributed by atoms with van der Waals surface area (Å²) >= 11 is 0. The average Bonchev–Trinajstić information content (AvgIpc) is 2.59. The first-order valence-corrected chi connectivity index (χ1v) is 5.82. The van der Waals surface area contributed by atoms with Crippen LogP contribution in [0.1, 0.15) is 24.8 Å². The maximum atomic E-state index is 5.78. The summed E-state index contributed by atoms with van der Waals surface area (Å²) in [7, 11) is 0. The van der Waals surface area contributed by atoms with Gasteiger partial charge in [-0.25, -0.2) is 0 Å². The molecular formula is C13H16N2O. The lowest BCUT2D eigenvalue weighted by Gasteiger charge is -2.26. The summed E-state index contributed by atoms with van der Waals surface area (Å²) in [5, 5.41) is 4.66. The van der Waals surface area contributed by atoms with E-state index in [1.165, 1.54) is 24.8 Å². The third-order valence-electron chi connectivity index (χ3n) is 3.36. The Balaban J connectivity index is 1.82. The number of anilines is 1. The van der Waals surface area contributed by atoms with Gasteiger partial charge in [0.1, 0.15) is 5.58 Å². The van der Waals surface area contributed by atoms with Crippen LogP contribution in [0.3, 0.4) is 0 Å². The second kappa shape index (κ2) is 3.83. The summed E-state index contributed by atoms with van der Waals surface area (Å²) in [6, 6.07) is 6.48. The average molecular weight is 216 g/mol. The number of nitrogen functional groups attached to an aromatic ring is 1. The second-order valence-corrected chi connectivity index (χ2v) is 4.53. The third-order valence-corrected chi connectivity index (χ3v) is 3.36. The number of nitrogens with one attached hydrogen (secondary N) is 1. The van der Waals surface area contributed by atoms with E-state index in [9.17, 15) is 0 Å². The van der Waals surface area contributed by atoms with Crippen molar-refractivity contribution in [1.29, 1.82) is 0 Å². The smallest absolute Gasteiger partial charge is 0.134 e. The fourth-order valence-electron chi connectivity index (χ4n) is 2.10. The predicted molar refractivity (Wildman–Crippen MR) is 65.1 cm³/mol. The lowest BCUT2D eigenvalue weighted by molar-refractivity contribution is 0.338. The van der Waals surface area contributed by atoms with Crippen molar-refractivity contribution in [2.45, 2.75) is 31.8 Å². The van der Waals surface area contributed by atoms with Gasteiger partial charge in [-0.1, -0.05) is 6.42 Å². The molecule has 0 bridgehead atoms. The van der Waals surface area contributed by atoms with Gasteiger partial charge in [0, 0.05) is 29.2 Å². The Morgan fingerprint density at radius 1 is 1.38 bits per heavy atom. The molecule has 3 nitrogen and oxygen atoms in total. The molecule has 16 heavy (non-hydrogen) atoms. The highest BCUT2D eigenvalue weighted by Gasteiger charge is 2.17. The van der Waals surface area contributed by atoms with E-state index in [2.05, 4.69) is 5.32 Å². The van der Waals surface area contributed by atoms with Crippen molar-refractivity contribution in [3.63, 3.8) is 0 Å². The molecule has 0 aliphatic heterocycles. The molecule has 1 aliphatic rings. The van der Waals surface area contributed by atoms with Crippen LogP contribution < -0.4 is 11.1 Å². The maximum absolute atomic E-state index is 5.78. The van der Waals surface area contributed by atoms with Crippen molar-refractivity contribution in [3.8, 4) is 0 Å². The van der Waals surface area contributed by atoms with Crippen molar-refractivity contribution in [1.82, 2.24) is 5.32 Å². The summed E-state index contributed by atoms with van der Waals surface area (Å²) in [5.41, 5.74) is 8.69. The maximum Gasteiger partial charge on any atom is 0.134 e. The number of furan rings is 1. The van der Waals surface area contributed by atoms with E-state index >= 15 is 0 Å². The Bertz CT molecular complexity index is 500. The first-order chi connectivity index (χ1) is 7.83. The first-order valence-electron chi connectivity index (χ1n) is 5.82. The normalized spacial score (nSPS) is 16.5. The minimum Gasteiger partial charge on any atom is -0.464 e. The zero-order valence-corrected chi connectivity index (χ0v) is 9.20. The number of fused-ring (bicyclic) bond motifs is 1. The van der Waals surface area contributed by atoms with E-state index in [1.807, 2.05) is 24.5 Å². The lowest BCUT2D eigenvalue weighted by Crippen LogP contribution is -2.34. The van der Waals surface area contributed by atoms with Gasteiger partial charge in [0.15, 0.2) is 0 Å². The monoisotopic (exact) mass is 216 g/mol. The zero-order valence-electron chi connectivity index (χ0n) is 9.20. The summed E-state index contributed by atoms with van der Waals surface area (Å²) in [5.74, 6) is 0. The van der Waals surface area contributed by atoms with Crippen LogP contribution >= 0.6 is 0 Å². The Morgan fingerprint density at radius 2 is 2.25 bits per heavy atom. The van der Waals surface area contributed by atoms with Gasteiger partial charge in [0.25, 0.3) is 0 Å².